The second kappa shape index (κ2) is 9.92. The molecule has 4 heterocycles. The average molecular weight is 551 g/mol. The molecule has 0 radical (unpaired) electrons. The molecule has 208 valence electrons. The summed E-state index contributed by atoms with van der Waals surface area (Å²) >= 11 is 0. The van der Waals surface area contributed by atoms with Crippen molar-refractivity contribution in [1.82, 2.24) is 24.6 Å². The van der Waals surface area contributed by atoms with Crippen LogP contribution in [0.25, 0.3) is 5.69 Å². The highest BCUT2D eigenvalue weighted by Crippen LogP contribution is 2.43. The molecule has 3 aliphatic rings. The van der Waals surface area contributed by atoms with Crippen molar-refractivity contribution in [3.05, 3.63) is 71.2 Å². The van der Waals surface area contributed by atoms with E-state index >= 15 is 0 Å². The molecule has 1 unspecified atom stereocenters. The molecule has 3 aromatic rings. The highest BCUT2D eigenvalue weighted by molar-refractivity contribution is 5.99. The van der Waals surface area contributed by atoms with Gasteiger partial charge in [0.15, 0.2) is 0 Å². The highest BCUT2D eigenvalue weighted by atomic mass is 19.3. The number of aromatic nitrogens is 3. The normalized spacial score (nSPS) is 18.3. The van der Waals surface area contributed by atoms with E-state index in [1.54, 1.807) is 20.5 Å². The smallest absolute Gasteiger partial charge is 0.388 e. The van der Waals surface area contributed by atoms with E-state index in [0.717, 1.165) is 47.6 Å². The Bertz CT molecular complexity index is 1520. The van der Waals surface area contributed by atoms with Crippen LogP contribution in [0.3, 0.4) is 0 Å². The SMILES string of the molecule is C=CC(=O)N1CCc2nn(-c3ccc(C4CC4)cc3O)c3c2C(C1)N(C(=O)c1cnc(OC(F)F)cc1N)CC3. The first-order chi connectivity index (χ1) is 19.2. The first-order valence-electron chi connectivity index (χ1n) is 13.1. The zero-order valence-electron chi connectivity index (χ0n) is 21.6. The number of benzene rings is 1. The predicted octanol–water partition coefficient (Wildman–Crippen LogP) is 3.34. The topological polar surface area (TPSA) is 127 Å². The quantitative estimate of drug-likeness (QED) is 0.451. The maximum Gasteiger partial charge on any atom is 0.388 e. The number of alkyl halides is 2. The number of phenolic OH excluding ortho intramolecular Hbond substituents is 1. The summed E-state index contributed by atoms with van der Waals surface area (Å²) in [6.07, 6.45) is 5.49. The highest BCUT2D eigenvalue weighted by Gasteiger charge is 2.40. The van der Waals surface area contributed by atoms with Gasteiger partial charge in [0, 0.05) is 50.3 Å². The van der Waals surface area contributed by atoms with Gasteiger partial charge in [-0.25, -0.2) is 9.67 Å². The van der Waals surface area contributed by atoms with Crippen molar-refractivity contribution >= 4 is 17.5 Å². The Kier molecular flexibility index (Phi) is 6.40. The molecule has 3 N–H and O–H groups in total. The number of anilines is 1. The number of hydrogen-bond acceptors (Lipinski definition) is 7. The summed E-state index contributed by atoms with van der Waals surface area (Å²) in [5.74, 6) is -0.476. The molecule has 40 heavy (non-hydrogen) atoms. The van der Waals surface area contributed by atoms with Gasteiger partial charge in [-0.15, -0.1) is 0 Å². The minimum Gasteiger partial charge on any atom is -0.506 e. The Balaban J connectivity index is 1.39. The van der Waals surface area contributed by atoms with Crippen molar-refractivity contribution in [2.75, 3.05) is 25.4 Å². The van der Waals surface area contributed by atoms with Gasteiger partial charge in [0.2, 0.25) is 11.8 Å². The summed E-state index contributed by atoms with van der Waals surface area (Å²) in [6.45, 7) is 1.38. The maximum absolute atomic E-state index is 13.8. The number of aromatic hydroxyl groups is 1. The number of nitrogens with zero attached hydrogens (tertiary/aromatic N) is 5. The summed E-state index contributed by atoms with van der Waals surface area (Å²) in [5.41, 5.74) is 10.1. The monoisotopic (exact) mass is 550 g/mol. The summed E-state index contributed by atoms with van der Waals surface area (Å²) in [4.78, 5) is 33.5. The van der Waals surface area contributed by atoms with Crippen LogP contribution in [0.2, 0.25) is 0 Å². The maximum atomic E-state index is 13.8. The number of amides is 2. The average Bonchev–Trinajstić information content (AvgIpc) is 3.73. The summed E-state index contributed by atoms with van der Waals surface area (Å²) in [6, 6.07) is 6.22. The van der Waals surface area contributed by atoms with Crippen LogP contribution >= 0.6 is 0 Å². The zero-order chi connectivity index (χ0) is 28.1. The van der Waals surface area contributed by atoms with Gasteiger partial charge in [0.1, 0.15) is 11.4 Å². The van der Waals surface area contributed by atoms with Crippen molar-refractivity contribution in [2.24, 2.45) is 0 Å². The number of carbonyl (C=O) groups is 2. The molecule has 0 spiro atoms. The van der Waals surface area contributed by atoms with E-state index in [0.29, 0.717) is 31.0 Å². The first-order valence-corrected chi connectivity index (χ1v) is 13.1. The van der Waals surface area contributed by atoms with E-state index in [1.807, 2.05) is 12.1 Å². The van der Waals surface area contributed by atoms with Crippen LogP contribution < -0.4 is 10.5 Å². The third kappa shape index (κ3) is 4.52. The van der Waals surface area contributed by atoms with E-state index in [2.05, 4.69) is 16.3 Å². The van der Waals surface area contributed by atoms with Crippen LogP contribution in [0.4, 0.5) is 14.5 Å². The van der Waals surface area contributed by atoms with E-state index < -0.39 is 24.4 Å². The molecule has 1 aromatic carbocycles. The fourth-order valence-electron chi connectivity index (χ4n) is 5.70. The van der Waals surface area contributed by atoms with Gasteiger partial charge in [0.25, 0.3) is 5.91 Å². The van der Waals surface area contributed by atoms with Crippen LogP contribution in [0.15, 0.2) is 43.1 Å². The van der Waals surface area contributed by atoms with Crippen molar-refractivity contribution in [1.29, 1.82) is 0 Å². The number of rotatable bonds is 6. The number of ether oxygens (including phenoxy) is 1. The van der Waals surface area contributed by atoms with Crippen molar-refractivity contribution in [3.8, 4) is 17.3 Å². The van der Waals surface area contributed by atoms with Gasteiger partial charge in [-0.1, -0.05) is 12.6 Å². The van der Waals surface area contributed by atoms with Gasteiger partial charge in [-0.3, -0.25) is 9.59 Å². The van der Waals surface area contributed by atoms with E-state index in [-0.39, 0.29) is 36.0 Å². The van der Waals surface area contributed by atoms with Crippen molar-refractivity contribution in [2.45, 2.75) is 44.3 Å². The van der Waals surface area contributed by atoms with Crippen LogP contribution in [-0.4, -0.2) is 67.7 Å². The zero-order valence-corrected chi connectivity index (χ0v) is 21.6. The molecular weight excluding hydrogens is 522 g/mol. The lowest BCUT2D eigenvalue weighted by atomic mass is 9.94. The summed E-state index contributed by atoms with van der Waals surface area (Å²) < 4.78 is 31.3. The molecule has 1 atom stereocenters. The number of nitrogens with two attached hydrogens (primary N) is 1. The lowest BCUT2D eigenvalue weighted by molar-refractivity contribution is -0.126. The Labute approximate surface area is 228 Å². The number of halogens is 2. The molecule has 1 aliphatic carbocycles. The minimum atomic E-state index is -3.08. The molecule has 1 fully saturated rings. The Morgan fingerprint density at radius 2 is 2.00 bits per heavy atom. The van der Waals surface area contributed by atoms with E-state index in [1.165, 1.54) is 6.08 Å². The largest absolute Gasteiger partial charge is 0.506 e. The summed E-state index contributed by atoms with van der Waals surface area (Å²) in [7, 11) is 0. The van der Waals surface area contributed by atoms with Crippen LogP contribution in [0.1, 0.15) is 57.7 Å². The van der Waals surface area contributed by atoms with Crippen molar-refractivity contribution < 1.29 is 28.2 Å². The summed E-state index contributed by atoms with van der Waals surface area (Å²) in [5, 5.41) is 15.8. The molecule has 6 rings (SSSR count). The van der Waals surface area contributed by atoms with Crippen LogP contribution in [0, 0.1) is 0 Å². The molecule has 2 aliphatic heterocycles. The molecule has 0 bridgehead atoms. The fraction of sp³-hybridized carbons (Fsp3) is 0.357. The second-order valence-corrected chi connectivity index (χ2v) is 10.2. The van der Waals surface area contributed by atoms with Gasteiger partial charge < -0.3 is 25.4 Å². The minimum absolute atomic E-state index is 0.0400. The standard InChI is InChI=1S/C28H28F2N6O4/c1-2-25(38)34-9-7-19-26-21(36(33-19)20-6-5-16(11-23(20)37)15-3-4-15)8-10-35(22(26)14-34)27(39)17-13-32-24(12-18(17)31)40-28(29)30/h2,5-6,11-13,15,22,28,37H,1,3-4,7-10,14H2,(H2,31,32). The molecule has 1 saturated carbocycles. The van der Waals surface area contributed by atoms with Crippen LogP contribution in [-0.2, 0) is 17.6 Å². The second-order valence-electron chi connectivity index (χ2n) is 10.2. The number of pyridine rings is 1. The predicted molar refractivity (Wildman–Crippen MR) is 140 cm³/mol. The molecule has 2 amide bonds. The van der Waals surface area contributed by atoms with Crippen LogP contribution in [0.5, 0.6) is 11.6 Å². The number of hydrogen-bond donors (Lipinski definition) is 2. The Morgan fingerprint density at radius 3 is 2.67 bits per heavy atom. The molecule has 2 aromatic heterocycles. The third-order valence-corrected chi connectivity index (χ3v) is 7.78. The lowest BCUT2D eigenvalue weighted by Gasteiger charge is -2.38. The number of nitrogen functional groups attached to an aromatic ring is 1. The molecular formula is C28H28F2N6O4. The first kappa shape index (κ1) is 25.8. The van der Waals surface area contributed by atoms with Gasteiger partial charge in [0.05, 0.1) is 28.7 Å². The van der Waals surface area contributed by atoms with Crippen molar-refractivity contribution in [3.63, 3.8) is 0 Å². The molecule has 0 saturated heterocycles. The third-order valence-electron chi connectivity index (χ3n) is 7.78. The van der Waals surface area contributed by atoms with Gasteiger partial charge >= 0.3 is 6.61 Å². The van der Waals surface area contributed by atoms with E-state index in [4.69, 9.17) is 10.8 Å². The Hall–Kier alpha value is -4.48. The number of phenols is 1. The number of carbonyl (C=O) groups excluding carboxylic acids is 2. The lowest BCUT2D eigenvalue weighted by Crippen LogP contribution is -2.46. The fourth-order valence-corrected chi connectivity index (χ4v) is 5.70. The van der Waals surface area contributed by atoms with E-state index in [9.17, 15) is 23.5 Å². The van der Waals surface area contributed by atoms with Gasteiger partial charge in [-0.05, 0) is 42.5 Å². The van der Waals surface area contributed by atoms with Gasteiger partial charge in [-0.2, -0.15) is 13.9 Å². The molecule has 12 heteroatoms. The Morgan fingerprint density at radius 1 is 1.20 bits per heavy atom. The molecule has 10 nitrogen and oxygen atoms in total.